The predicted molar refractivity (Wildman–Crippen MR) is 106 cm³/mol. The van der Waals surface area contributed by atoms with Gasteiger partial charge in [-0.25, -0.2) is 4.98 Å². The number of carbonyl (C=O) groups excluding carboxylic acids is 2. The largest absolute Gasteiger partial charge is 0.481 e. The Balaban J connectivity index is 1.55. The van der Waals surface area contributed by atoms with Gasteiger partial charge in [-0.1, -0.05) is 25.7 Å². The summed E-state index contributed by atoms with van der Waals surface area (Å²) in [5.74, 6) is 1.42. The summed E-state index contributed by atoms with van der Waals surface area (Å²) in [5, 5.41) is 5.93. The third-order valence-corrected chi connectivity index (χ3v) is 5.17. The standard InChI is InChI=1S/C21H33N3O3/c1-16(24-19(25)9-5-8-17-6-3-4-7-17)10-12-22-20(26)14-18-11-13-23-21(15-18)27-2/h11,13,15-17H,3-10,12,14H2,1-2H3,(H,22,26)(H,24,25)/t16-/m0/s1. The third kappa shape index (κ3) is 8.41. The fourth-order valence-electron chi connectivity index (χ4n) is 3.62. The van der Waals surface area contributed by atoms with Gasteiger partial charge in [0.2, 0.25) is 17.7 Å². The van der Waals surface area contributed by atoms with Crippen LogP contribution in [-0.4, -0.2) is 36.5 Å². The van der Waals surface area contributed by atoms with Crippen LogP contribution in [0.5, 0.6) is 5.88 Å². The number of hydrogen-bond donors (Lipinski definition) is 2. The molecule has 0 aliphatic heterocycles. The second-order valence-corrected chi connectivity index (χ2v) is 7.53. The van der Waals surface area contributed by atoms with E-state index in [4.69, 9.17) is 4.74 Å². The molecule has 0 saturated heterocycles. The van der Waals surface area contributed by atoms with E-state index in [9.17, 15) is 9.59 Å². The molecule has 1 saturated carbocycles. The second kappa shape index (κ2) is 11.6. The van der Waals surface area contributed by atoms with E-state index in [1.807, 2.05) is 6.92 Å². The number of ether oxygens (including phenoxy) is 1. The third-order valence-electron chi connectivity index (χ3n) is 5.17. The van der Waals surface area contributed by atoms with Gasteiger partial charge in [-0.15, -0.1) is 0 Å². The van der Waals surface area contributed by atoms with E-state index in [2.05, 4.69) is 15.6 Å². The van der Waals surface area contributed by atoms with Crippen LogP contribution in [-0.2, 0) is 16.0 Å². The van der Waals surface area contributed by atoms with Gasteiger partial charge in [0, 0.05) is 31.3 Å². The summed E-state index contributed by atoms with van der Waals surface area (Å²) in [4.78, 5) is 28.1. The molecule has 6 nitrogen and oxygen atoms in total. The number of nitrogens with one attached hydrogen (secondary N) is 2. The summed E-state index contributed by atoms with van der Waals surface area (Å²) in [5.41, 5.74) is 0.864. The van der Waals surface area contributed by atoms with E-state index in [-0.39, 0.29) is 17.9 Å². The van der Waals surface area contributed by atoms with Crippen molar-refractivity contribution in [3.05, 3.63) is 23.9 Å². The zero-order valence-corrected chi connectivity index (χ0v) is 16.6. The first-order valence-electron chi connectivity index (χ1n) is 10.1. The summed E-state index contributed by atoms with van der Waals surface area (Å²) >= 11 is 0. The normalized spacial score (nSPS) is 15.3. The Labute approximate surface area is 162 Å². The topological polar surface area (TPSA) is 80.3 Å². The molecule has 2 rings (SSSR count). The van der Waals surface area contributed by atoms with Crippen molar-refractivity contribution in [1.82, 2.24) is 15.6 Å². The van der Waals surface area contributed by atoms with E-state index in [1.165, 1.54) is 32.1 Å². The van der Waals surface area contributed by atoms with Crippen LogP contribution in [0.4, 0.5) is 0 Å². The monoisotopic (exact) mass is 375 g/mol. The molecule has 150 valence electrons. The lowest BCUT2D eigenvalue weighted by Crippen LogP contribution is -2.36. The molecule has 0 unspecified atom stereocenters. The van der Waals surface area contributed by atoms with E-state index in [0.29, 0.717) is 25.3 Å². The van der Waals surface area contributed by atoms with Gasteiger partial charge >= 0.3 is 0 Å². The van der Waals surface area contributed by atoms with E-state index in [0.717, 1.165) is 24.3 Å². The van der Waals surface area contributed by atoms with Crippen molar-refractivity contribution in [1.29, 1.82) is 0 Å². The highest BCUT2D eigenvalue weighted by Gasteiger charge is 2.15. The first-order chi connectivity index (χ1) is 13.1. The number of methoxy groups -OCH3 is 1. The summed E-state index contributed by atoms with van der Waals surface area (Å²) in [7, 11) is 1.55. The molecule has 1 atom stereocenters. The van der Waals surface area contributed by atoms with E-state index in [1.54, 1.807) is 25.4 Å². The molecule has 0 aromatic carbocycles. The van der Waals surface area contributed by atoms with Crippen LogP contribution in [0.3, 0.4) is 0 Å². The number of pyridine rings is 1. The molecule has 2 amide bonds. The fourth-order valence-corrected chi connectivity index (χ4v) is 3.62. The van der Waals surface area contributed by atoms with Crippen molar-refractivity contribution in [3.8, 4) is 5.88 Å². The van der Waals surface area contributed by atoms with Gasteiger partial charge in [0.15, 0.2) is 0 Å². The van der Waals surface area contributed by atoms with Crippen molar-refractivity contribution in [2.24, 2.45) is 5.92 Å². The van der Waals surface area contributed by atoms with Crippen LogP contribution in [0.25, 0.3) is 0 Å². The average molecular weight is 376 g/mol. The number of carbonyl (C=O) groups is 2. The van der Waals surface area contributed by atoms with E-state index < -0.39 is 0 Å². The van der Waals surface area contributed by atoms with Crippen LogP contribution < -0.4 is 15.4 Å². The molecule has 0 spiro atoms. The molecule has 1 heterocycles. The van der Waals surface area contributed by atoms with Crippen molar-refractivity contribution in [2.45, 2.75) is 70.8 Å². The number of rotatable bonds is 11. The van der Waals surface area contributed by atoms with Crippen molar-refractivity contribution in [3.63, 3.8) is 0 Å². The summed E-state index contributed by atoms with van der Waals surface area (Å²) in [6, 6.07) is 3.62. The molecule has 1 aromatic heterocycles. The Kier molecular flexibility index (Phi) is 9.08. The summed E-state index contributed by atoms with van der Waals surface area (Å²) < 4.78 is 5.06. The number of nitrogens with zero attached hydrogens (tertiary/aromatic N) is 1. The lowest BCUT2D eigenvalue weighted by molar-refractivity contribution is -0.121. The first kappa shape index (κ1) is 21.2. The fraction of sp³-hybridized carbons (Fsp3) is 0.667. The molecule has 0 radical (unpaired) electrons. The smallest absolute Gasteiger partial charge is 0.224 e. The van der Waals surface area contributed by atoms with Gasteiger partial charge in [-0.2, -0.15) is 0 Å². The van der Waals surface area contributed by atoms with Gasteiger partial charge in [-0.05, 0) is 43.7 Å². The predicted octanol–water partition coefficient (Wildman–Crippen LogP) is 3.00. The van der Waals surface area contributed by atoms with Gasteiger partial charge in [0.25, 0.3) is 0 Å². The van der Waals surface area contributed by atoms with Crippen LogP contribution >= 0.6 is 0 Å². The molecular formula is C21H33N3O3. The van der Waals surface area contributed by atoms with Crippen molar-refractivity contribution in [2.75, 3.05) is 13.7 Å². The van der Waals surface area contributed by atoms with Crippen molar-refractivity contribution >= 4 is 11.8 Å². The molecule has 1 fully saturated rings. The molecule has 27 heavy (non-hydrogen) atoms. The molecule has 2 N–H and O–H groups in total. The van der Waals surface area contributed by atoms with E-state index >= 15 is 0 Å². The Morgan fingerprint density at radius 3 is 2.81 bits per heavy atom. The van der Waals surface area contributed by atoms with Gasteiger partial charge in [0.1, 0.15) is 0 Å². The molecule has 6 heteroatoms. The lowest BCUT2D eigenvalue weighted by atomic mass is 10.0. The van der Waals surface area contributed by atoms with Crippen LogP contribution in [0.2, 0.25) is 0 Å². The molecule has 1 aromatic rings. The van der Waals surface area contributed by atoms with Crippen LogP contribution in [0, 0.1) is 5.92 Å². The van der Waals surface area contributed by atoms with Crippen LogP contribution in [0.15, 0.2) is 18.3 Å². The maximum Gasteiger partial charge on any atom is 0.224 e. The minimum atomic E-state index is -0.0432. The first-order valence-corrected chi connectivity index (χ1v) is 10.1. The average Bonchev–Trinajstić information content (AvgIpc) is 3.15. The Bertz CT molecular complexity index is 600. The number of hydrogen-bond acceptors (Lipinski definition) is 4. The summed E-state index contributed by atoms with van der Waals surface area (Å²) in [6.45, 7) is 2.53. The lowest BCUT2D eigenvalue weighted by Gasteiger charge is -2.15. The Morgan fingerprint density at radius 2 is 2.07 bits per heavy atom. The molecule has 1 aliphatic rings. The Hall–Kier alpha value is -2.11. The Morgan fingerprint density at radius 1 is 1.30 bits per heavy atom. The zero-order valence-electron chi connectivity index (χ0n) is 16.6. The van der Waals surface area contributed by atoms with Gasteiger partial charge < -0.3 is 15.4 Å². The quantitative estimate of drug-likeness (QED) is 0.623. The highest BCUT2D eigenvalue weighted by molar-refractivity contribution is 5.78. The zero-order chi connectivity index (χ0) is 19.5. The minimum Gasteiger partial charge on any atom is -0.481 e. The molecule has 0 bridgehead atoms. The minimum absolute atomic E-state index is 0.0432. The van der Waals surface area contributed by atoms with Crippen LogP contribution in [0.1, 0.15) is 63.9 Å². The van der Waals surface area contributed by atoms with Crippen molar-refractivity contribution < 1.29 is 14.3 Å². The SMILES string of the molecule is COc1cc(CC(=O)NCC[C@H](C)NC(=O)CCCC2CCCC2)ccn1. The number of aromatic nitrogens is 1. The van der Waals surface area contributed by atoms with Gasteiger partial charge in [0.05, 0.1) is 13.5 Å². The highest BCUT2D eigenvalue weighted by atomic mass is 16.5. The molecular weight excluding hydrogens is 342 g/mol. The summed E-state index contributed by atoms with van der Waals surface area (Å²) in [6.07, 6.45) is 10.8. The maximum atomic E-state index is 12.0. The second-order valence-electron chi connectivity index (χ2n) is 7.53. The maximum absolute atomic E-state index is 12.0. The number of amides is 2. The highest BCUT2D eigenvalue weighted by Crippen LogP contribution is 2.28. The van der Waals surface area contributed by atoms with Gasteiger partial charge in [-0.3, -0.25) is 9.59 Å². The molecule has 1 aliphatic carbocycles.